The molecule has 0 saturated heterocycles. The van der Waals surface area contributed by atoms with E-state index in [1.54, 1.807) is 24.2 Å². The summed E-state index contributed by atoms with van der Waals surface area (Å²) in [7, 11) is 1.72. The number of aromatic nitrogens is 1. The summed E-state index contributed by atoms with van der Waals surface area (Å²) in [6.07, 6.45) is 1.96. The Bertz CT molecular complexity index is 640. The van der Waals surface area contributed by atoms with Gasteiger partial charge in [0.1, 0.15) is 0 Å². The normalized spacial score (nSPS) is 11.8. The summed E-state index contributed by atoms with van der Waals surface area (Å²) in [5.74, 6) is -0.0821. The molecule has 0 fully saturated rings. The number of pyridine rings is 1. The highest BCUT2D eigenvalue weighted by molar-refractivity contribution is 6.05. The van der Waals surface area contributed by atoms with Crippen LogP contribution in [0.15, 0.2) is 36.5 Å². The van der Waals surface area contributed by atoms with Gasteiger partial charge in [-0.1, -0.05) is 18.2 Å². The molecule has 0 N–H and O–H groups in total. The van der Waals surface area contributed by atoms with E-state index in [4.69, 9.17) is 5.26 Å². The molecule has 0 aliphatic heterocycles. The minimum atomic E-state index is -0.107. The Kier molecular flexibility index (Phi) is 3.76. The van der Waals surface area contributed by atoms with Crippen LogP contribution in [0.2, 0.25) is 0 Å². The highest BCUT2D eigenvalue weighted by Crippen LogP contribution is 2.18. The van der Waals surface area contributed by atoms with Crippen molar-refractivity contribution in [3.05, 3.63) is 42.1 Å². The predicted octanol–water partition coefficient (Wildman–Crippen LogP) is 2.61. The maximum Gasteiger partial charge on any atom is 0.254 e. The van der Waals surface area contributed by atoms with Crippen LogP contribution in [0.3, 0.4) is 0 Å². The van der Waals surface area contributed by atoms with Crippen molar-refractivity contribution >= 4 is 16.8 Å². The van der Waals surface area contributed by atoms with E-state index in [-0.39, 0.29) is 11.9 Å². The number of hydrogen-bond donors (Lipinski definition) is 0. The zero-order valence-electron chi connectivity index (χ0n) is 11.0. The Hall–Kier alpha value is -2.41. The number of benzene rings is 1. The smallest absolute Gasteiger partial charge is 0.254 e. The van der Waals surface area contributed by atoms with Crippen LogP contribution >= 0.6 is 0 Å². The third-order valence-corrected chi connectivity index (χ3v) is 3.25. The van der Waals surface area contributed by atoms with E-state index in [1.165, 1.54) is 0 Å². The monoisotopic (exact) mass is 253 g/mol. The summed E-state index contributed by atoms with van der Waals surface area (Å²) in [4.78, 5) is 18.3. The highest BCUT2D eigenvalue weighted by atomic mass is 16.2. The molecule has 1 atom stereocenters. The molecule has 0 bridgehead atoms. The second kappa shape index (κ2) is 5.49. The van der Waals surface area contributed by atoms with Gasteiger partial charge >= 0.3 is 0 Å². The lowest BCUT2D eigenvalue weighted by molar-refractivity contribution is 0.0748. The fourth-order valence-electron chi connectivity index (χ4n) is 1.94. The van der Waals surface area contributed by atoms with Gasteiger partial charge in [0, 0.05) is 24.7 Å². The molecule has 19 heavy (non-hydrogen) atoms. The van der Waals surface area contributed by atoms with Gasteiger partial charge in [-0.3, -0.25) is 9.78 Å². The number of nitriles is 1. The highest BCUT2D eigenvalue weighted by Gasteiger charge is 2.19. The molecule has 96 valence electrons. The number of amides is 1. The van der Waals surface area contributed by atoms with Crippen LogP contribution in [-0.2, 0) is 0 Å². The Balaban J connectivity index is 2.39. The Morgan fingerprint density at radius 1 is 1.42 bits per heavy atom. The molecule has 1 unspecified atom stereocenters. The number of hydrogen-bond acceptors (Lipinski definition) is 3. The number of para-hydroxylation sites is 1. The van der Waals surface area contributed by atoms with Crippen LogP contribution in [0.25, 0.3) is 10.9 Å². The molecule has 1 aromatic carbocycles. The largest absolute Gasteiger partial charge is 0.338 e. The fourth-order valence-corrected chi connectivity index (χ4v) is 1.94. The number of nitrogens with zero attached hydrogens (tertiary/aromatic N) is 3. The second-order valence-electron chi connectivity index (χ2n) is 4.50. The molecule has 0 saturated carbocycles. The van der Waals surface area contributed by atoms with Crippen molar-refractivity contribution in [2.24, 2.45) is 0 Å². The van der Waals surface area contributed by atoms with Gasteiger partial charge in [0.05, 0.1) is 23.6 Å². The summed E-state index contributed by atoms with van der Waals surface area (Å²) < 4.78 is 0. The van der Waals surface area contributed by atoms with Gasteiger partial charge in [-0.15, -0.1) is 0 Å². The minimum Gasteiger partial charge on any atom is -0.338 e. The van der Waals surface area contributed by atoms with E-state index >= 15 is 0 Å². The molecular formula is C15H15N3O. The fraction of sp³-hybridized carbons (Fsp3) is 0.267. The second-order valence-corrected chi connectivity index (χ2v) is 4.50. The maximum atomic E-state index is 12.5. The van der Waals surface area contributed by atoms with Crippen molar-refractivity contribution in [3.63, 3.8) is 0 Å². The third kappa shape index (κ3) is 2.55. The standard InChI is InChI=1S/C15H15N3O/c1-11(7-9-16)18(2)15(19)13-8-10-17-14-6-4-3-5-12(13)14/h3-6,8,10-11H,7H2,1-2H3. The first-order chi connectivity index (χ1) is 9.15. The molecule has 0 aliphatic rings. The summed E-state index contributed by atoms with van der Waals surface area (Å²) in [5.41, 5.74) is 1.42. The molecule has 0 aliphatic carbocycles. The Morgan fingerprint density at radius 2 is 2.16 bits per heavy atom. The van der Waals surface area contributed by atoms with Gasteiger partial charge in [0.25, 0.3) is 5.91 Å². The van der Waals surface area contributed by atoms with Gasteiger partial charge < -0.3 is 4.90 Å². The summed E-state index contributed by atoms with van der Waals surface area (Å²) in [5, 5.41) is 9.55. The average molecular weight is 253 g/mol. The van der Waals surface area contributed by atoms with Crippen LogP contribution in [0.5, 0.6) is 0 Å². The number of carbonyl (C=O) groups is 1. The van der Waals surface area contributed by atoms with E-state index in [2.05, 4.69) is 11.1 Å². The molecule has 2 rings (SSSR count). The summed E-state index contributed by atoms with van der Waals surface area (Å²) in [6.45, 7) is 1.87. The first kappa shape index (κ1) is 13.0. The van der Waals surface area contributed by atoms with Gasteiger partial charge in [-0.05, 0) is 19.1 Å². The quantitative estimate of drug-likeness (QED) is 0.844. The molecule has 4 nitrogen and oxygen atoms in total. The molecule has 0 spiro atoms. The van der Waals surface area contributed by atoms with Crippen molar-refractivity contribution < 1.29 is 4.79 Å². The zero-order chi connectivity index (χ0) is 13.8. The van der Waals surface area contributed by atoms with Crippen LogP contribution < -0.4 is 0 Å². The minimum absolute atomic E-state index is 0.0821. The van der Waals surface area contributed by atoms with Gasteiger partial charge in [-0.2, -0.15) is 5.26 Å². The molecule has 4 heteroatoms. The topological polar surface area (TPSA) is 57.0 Å². The van der Waals surface area contributed by atoms with Crippen molar-refractivity contribution in [1.82, 2.24) is 9.88 Å². The first-order valence-electron chi connectivity index (χ1n) is 6.13. The van der Waals surface area contributed by atoms with Crippen molar-refractivity contribution in [2.45, 2.75) is 19.4 Å². The van der Waals surface area contributed by atoms with Crippen molar-refractivity contribution in [2.75, 3.05) is 7.05 Å². The molecule has 1 heterocycles. The van der Waals surface area contributed by atoms with Gasteiger partial charge in [-0.25, -0.2) is 0 Å². The number of carbonyl (C=O) groups excluding carboxylic acids is 1. The zero-order valence-corrected chi connectivity index (χ0v) is 11.0. The van der Waals surface area contributed by atoms with E-state index in [1.807, 2.05) is 31.2 Å². The van der Waals surface area contributed by atoms with E-state index in [0.29, 0.717) is 12.0 Å². The van der Waals surface area contributed by atoms with Gasteiger partial charge in [0.2, 0.25) is 0 Å². The molecule has 2 aromatic rings. The molecule has 0 radical (unpaired) electrons. The van der Waals surface area contributed by atoms with Crippen molar-refractivity contribution in [1.29, 1.82) is 5.26 Å². The number of rotatable bonds is 3. The van der Waals surface area contributed by atoms with Crippen LogP contribution in [0.1, 0.15) is 23.7 Å². The van der Waals surface area contributed by atoms with Gasteiger partial charge in [0.15, 0.2) is 0 Å². The molecule has 1 amide bonds. The Labute approximate surface area is 112 Å². The van der Waals surface area contributed by atoms with Crippen LogP contribution in [-0.4, -0.2) is 28.9 Å². The summed E-state index contributed by atoms with van der Waals surface area (Å²) in [6, 6.07) is 11.3. The third-order valence-electron chi connectivity index (χ3n) is 3.25. The molecular weight excluding hydrogens is 238 g/mol. The molecule has 1 aromatic heterocycles. The first-order valence-corrected chi connectivity index (χ1v) is 6.13. The van der Waals surface area contributed by atoms with Crippen LogP contribution in [0, 0.1) is 11.3 Å². The lowest BCUT2D eigenvalue weighted by Gasteiger charge is -2.23. The average Bonchev–Trinajstić information content (AvgIpc) is 2.45. The lowest BCUT2D eigenvalue weighted by Crippen LogP contribution is -2.34. The predicted molar refractivity (Wildman–Crippen MR) is 73.5 cm³/mol. The van der Waals surface area contributed by atoms with E-state index < -0.39 is 0 Å². The Morgan fingerprint density at radius 3 is 2.89 bits per heavy atom. The summed E-state index contributed by atoms with van der Waals surface area (Å²) >= 11 is 0. The lowest BCUT2D eigenvalue weighted by atomic mass is 10.1. The van der Waals surface area contributed by atoms with Crippen LogP contribution in [0.4, 0.5) is 0 Å². The van der Waals surface area contributed by atoms with Crippen molar-refractivity contribution in [3.8, 4) is 6.07 Å². The van der Waals surface area contributed by atoms with E-state index in [0.717, 1.165) is 10.9 Å². The van der Waals surface area contributed by atoms with E-state index in [9.17, 15) is 4.79 Å². The SMILES string of the molecule is CC(CC#N)N(C)C(=O)c1ccnc2ccccc12. The maximum absolute atomic E-state index is 12.5. The number of fused-ring (bicyclic) bond motifs is 1.